The molecule has 0 bridgehead atoms. The van der Waals surface area contributed by atoms with E-state index in [0.717, 1.165) is 16.3 Å². The molecule has 1 saturated heterocycles. The van der Waals surface area contributed by atoms with E-state index in [2.05, 4.69) is 33.5 Å². The maximum absolute atomic E-state index is 11.9. The van der Waals surface area contributed by atoms with E-state index in [4.69, 9.17) is 18.6 Å². The van der Waals surface area contributed by atoms with Gasteiger partial charge in [-0.2, -0.15) is 0 Å². The molecule has 190 valence electrons. The lowest BCUT2D eigenvalue weighted by atomic mass is 10.0. The summed E-state index contributed by atoms with van der Waals surface area (Å²) in [5, 5.41) is 7.71. The summed E-state index contributed by atoms with van der Waals surface area (Å²) in [5.74, 6) is 4.52. The number of amides is 1. The lowest BCUT2D eigenvalue weighted by Gasteiger charge is -2.26. The average Bonchev–Trinajstić information content (AvgIpc) is 3.57. The van der Waals surface area contributed by atoms with Gasteiger partial charge in [-0.05, 0) is 45.5 Å². The van der Waals surface area contributed by atoms with Crippen molar-refractivity contribution < 1.29 is 27.2 Å². The van der Waals surface area contributed by atoms with Crippen molar-refractivity contribution in [3.8, 4) is 0 Å². The van der Waals surface area contributed by atoms with Crippen LogP contribution in [0.4, 0.5) is 0 Å². The number of benzene rings is 2. The van der Waals surface area contributed by atoms with Crippen LogP contribution in [0.15, 0.2) is 74.4 Å². The van der Waals surface area contributed by atoms with Crippen LogP contribution < -0.4 is 11.2 Å². The van der Waals surface area contributed by atoms with Gasteiger partial charge < -0.3 is 23.1 Å². The molecule has 11 nitrogen and oxygen atoms in total. The van der Waals surface area contributed by atoms with Gasteiger partial charge in [0.05, 0.1) is 12.0 Å². The molecule has 0 radical (unpaired) electrons. The summed E-state index contributed by atoms with van der Waals surface area (Å²) in [5.41, 5.74) is 1.41. The zero-order chi connectivity index (χ0) is 26.0. The molecule has 1 aromatic heterocycles. The van der Waals surface area contributed by atoms with E-state index in [1.165, 1.54) is 23.7 Å². The number of hydrazine groups is 1. The van der Waals surface area contributed by atoms with Crippen LogP contribution in [0.25, 0.3) is 16.5 Å². The third-order valence-corrected chi connectivity index (χ3v) is 7.60. The first-order chi connectivity index (χ1) is 17.8. The molecule has 2 aromatic carbocycles. The second kappa shape index (κ2) is 9.91. The van der Waals surface area contributed by atoms with Crippen molar-refractivity contribution in [2.24, 2.45) is 15.8 Å². The van der Waals surface area contributed by atoms with Gasteiger partial charge in [-0.3, -0.25) is 4.79 Å². The Kier molecular flexibility index (Phi) is 6.51. The number of hydrogen-bond acceptors (Lipinski definition) is 9. The Morgan fingerprint density at radius 3 is 2.65 bits per heavy atom. The van der Waals surface area contributed by atoms with Crippen LogP contribution in [-0.2, 0) is 35.7 Å². The second-order valence-electron chi connectivity index (χ2n) is 8.23. The molecule has 1 amide bonds. The molecule has 37 heavy (non-hydrogen) atoms. The molecular formula is C25H23N5O6S. The highest BCUT2D eigenvalue weighted by atomic mass is 32.3. The number of furan rings is 1. The SMILES string of the molecule is CC(=O)NCc1ccc(C2=CS3(OC(=O)C(=O)O3)C(/N=C/N(N)CCc3cccc4ccccc34)=N2)o1. The number of amidine groups is 1. The van der Waals surface area contributed by atoms with Crippen LogP contribution in [0.3, 0.4) is 0 Å². The number of hydrogen-bond donors (Lipinski definition) is 2. The summed E-state index contributed by atoms with van der Waals surface area (Å²) in [6.07, 6.45) is 2.01. The molecule has 0 atom stereocenters. The zero-order valence-electron chi connectivity index (χ0n) is 19.7. The Morgan fingerprint density at radius 2 is 1.86 bits per heavy atom. The van der Waals surface area contributed by atoms with Gasteiger partial charge in [0.2, 0.25) is 5.91 Å². The van der Waals surface area contributed by atoms with Crippen molar-refractivity contribution in [1.29, 1.82) is 0 Å². The van der Waals surface area contributed by atoms with Gasteiger partial charge in [-0.25, -0.2) is 25.4 Å². The van der Waals surface area contributed by atoms with Gasteiger partial charge in [-0.15, -0.1) is 0 Å². The molecule has 0 unspecified atom stereocenters. The van der Waals surface area contributed by atoms with Crippen molar-refractivity contribution in [1.82, 2.24) is 10.3 Å². The van der Waals surface area contributed by atoms with Gasteiger partial charge in [0.25, 0.3) is 5.17 Å². The van der Waals surface area contributed by atoms with E-state index in [0.29, 0.717) is 24.5 Å². The minimum atomic E-state index is -2.99. The molecule has 5 rings (SSSR count). The Bertz CT molecular complexity index is 1470. The van der Waals surface area contributed by atoms with E-state index in [9.17, 15) is 14.4 Å². The van der Waals surface area contributed by atoms with Crippen molar-refractivity contribution in [3.05, 3.63) is 77.1 Å². The molecule has 0 aliphatic carbocycles. The number of nitrogens with one attached hydrogen (secondary N) is 1. The topological polar surface area (TPSA) is 149 Å². The Balaban J connectivity index is 1.33. The first-order valence-corrected chi connectivity index (χ1v) is 12.8. The van der Waals surface area contributed by atoms with Crippen molar-refractivity contribution >= 4 is 56.4 Å². The molecular weight excluding hydrogens is 498 g/mol. The van der Waals surface area contributed by atoms with Crippen LogP contribution in [0.5, 0.6) is 0 Å². The summed E-state index contributed by atoms with van der Waals surface area (Å²) >= 11 is 0. The summed E-state index contributed by atoms with van der Waals surface area (Å²) < 4.78 is 16.3. The van der Waals surface area contributed by atoms with Gasteiger partial charge in [0.1, 0.15) is 17.8 Å². The number of carbonyl (C=O) groups excluding carboxylic acids is 3. The monoisotopic (exact) mass is 521 g/mol. The third-order valence-electron chi connectivity index (χ3n) is 5.56. The van der Waals surface area contributed by atoms with E-state index in [-0.39, 0.29) is 23.3 Å². The number of nitrogens with zero attached hydrogens (tertiary/aromatic N) is 3. The largest absolute Gasteiger partial charge is 0.458 e. The Labute approximate surface area is 213 Å². The standard InChI is InChI=1S/C25H23N5O6S/c1-16(31)27-13-19-9-10-22(34-19)21-14-37(35-23(32)24(33)36-37)25(29-21)28-15-30(26)12-11-18-7-4-6-17-5-2-3-8-20(17)18/h2-10,14-15H,11-13,26H2,1H3,(H,27,31)/b28-15+. The maximum atomic E-state index is 11.9. The quantitative estimate of drug-likeness (QED) is 0.158. The lowest BCUT2D eigenvalue weighted by Crippen LogP contribution is -2.32. The Hall–Kier alpha value is -4.42. The van der Waals surface area contributed by atoms with Crippen LogP contribution in [-0.4, -0.2) is 40.9 Å². The average molecular weight is 522 g/mol. The van der Waals surface area contributed by atoms with Gasteiger partial charge in [0.15, 0.2) is 5.76 Å². The summed E-state index contributed by atoms with van der Waals surface area (Å²) in [4.78, 5) is 43.6. The summed E-state index contributed by atoms with van der Waals surface area (Å²) in [7, 11) is -2.99. The normalized spacial score (nSPS) is 17.0. The fourth-order valence-electron chi connectivity index (χ4n) is 3.80. The van der Waals surface area contributed by atoms with Crippen LogP contribution >= 0.6 is 10.6 Å². The van der Waals surface area contributed by atoms with Crippen LogP contribution in [0, 0.1) is 0 Å². The minimum Gasteiger partial charge on any atom is -0.458 e. The molecule has 0 saturated carbocycles. The fourth-order valence-corrected chi connectivity index (χ4v) is 5.66. The van der Waals surface area contributed by atoms with Crippen LogP contribution in [0.2, 0.25) is 0 Å². The molecule has 12 heteroatoms. The summed E-state index contributed by atoms with van der Waals surface area (Å²) in [6, 6.07) is 17.5. The molecule has 2 aliphatic rings. The number of rotatable bonds is 7. The molecule has 3 aromatic rings. The molecule has 1 fully saturated rings. The molecule has 3 N–H and O–H groups in total. The van der Waals surface area contributed by atoms with Crippen molar-refractivity contribution in [3.63, 3.8) is 0 Å². The van der Waals surface area contributed by atoms with Gasteiger partial charge in [-0.1, -0.05) is 42.5 Å². The highest BCUT2D eigenvalue weighted by Crippen LogP contribution is 2.62. The smallest absolute Gasteiger partial charge is 0.442 e. The van der Waals surface area contributed by atoms with E-state index < -0.39 is 22.5 Å². The maximum Gasteiger partial charge on any atom is 0.442 e. The van der Waals surface area contributed by atoms with E-state index >= 15 is 0 Å². The third kappa shape index (κ3) is 5.10. The number of fused-ring (bicyclic) bond motifs is 1. The first kappa shape index (κ1) is 24.3. The van der Waals surface area contributed by atoms with Crippen LogP contribution in [0.1, 0.15) is 24.0 Å². The fraction of sp³-hybridized carbons (Fsp3) is 0.160. The predicted molar refractivity (Wildman–Crippen MR) is 138 cm³/mol. The first-order valence-electron chi connectivity index (χ1n) is 11.3. The number of nitrogens with two attached hydrogens (primary N) is 1. The number of aliphatic imine (C=N–C) groups is 2. The molecule has 1 spiro atoms. The van der Waals surface area contributed by atoms with E-state index in [1.807, 2.05) is 24.3 Å². The zero-order valence-corrected chi connectivity index (χ0v) is 20.6. The van der Waals surface area contributed by atoms with E-state index in [1.54, 1.807) is 12.1 Å². The second-order valence-corrected chi connectivity index (χ2v) is 10.3. The summed E-state index contributed by atoms with van der Waals surface area (Å²) in [6.45, 7) is 2.03. The minimum absolute atomic E-state index is 0.0119. The highest BCUT2D eigenvalue weighted by Gasteiger charge is 2.48. The van der Waals surface area contributed by atoms with Gasteiger partial charge >= 0.3 is 11.9 Å². The van der Waals surface area contributed by atoms with Crippen molar-refractivity contribution in [2.75, 3.05) is 6.54 Å². The highest BCUT2D eigenvalue weighted by molar-refractivity contribution is 8.41. The van der Waals surface area contributed by atoms with Crippen molar-refractivity contribution in [2.45, 2.75) is 19.9 Å². The van der Waals surface area contributed by atoms with Gasteiger partial charge in [0, 0.05) is 13.5 Å². The lowest BCUT2D eigenvalue weighted by molar-refractivity contribution is -0.150. The molecule has 2 aliphatic heterocycles. The predicted octanol–water partition coefficient (Wildman–Crippen LogP) is 2.92. The number of carbonyl (C=O) groups is 3. The molecule has 3 heterocycles. The Morgan fingerprint density at radius 1 is 1.11 bits per heavy atom.